The Morgan fingerprint density at radius 1 is 1.28 bits per heavy atom. The number of para-hydroxylation sites is 1. The van der Waals surface area contributed by atoms with Gasteiger partial charge in [0.2, 0.25) is 5.89 Å². The van der Waals surface area contributed by atoms with E-state index in [0.29, 0.717) is 37.0 Å². The van der Waals surface area contributed by atoms with E-state index >= 15 is 0 Å². The maximum absolute atomic E-state index is 12.4. The molecule has 0 saturated carbocycles. The third kappa shape index (κ3) is 3.23. The second-order valence-electron chi connectivity index (χ2n) is 5.70. The zero-order chi connectivity index (χ0) is 17.2. The number of carbonyl (C=O) groups is 1. The van der Waals surface area contributed by atoms with E-state index in [1.54, 1.807) is 11.8 Å². The van der Waals surface area contributed by atoms with Gasteiger partial charge in [-0.2, -0.15) is 4.98 Å². The van der Waals surface area contributed by atoms with Crippen molar-refractivity contribution in [2.75, 3.05) is 6.54 Å². The lowest BCUT2D eigenvalue weighted by molar-refractivity contribution is 0.0668. The van der Waals surface area contributed by atoms with Crippen LogP contribution >= 0.6 is 0 Å². The number of aryl methyl sites for hydroxylation is 1. The van der Waals surface area contributed by atoms with Gasteiger partial charge in [0.15, 0.2) is 12.4 Å². The van der Waals surface area contributed by atoms with E-state index in [9.17, 15) is 4.79 Å². The minimum atomic E-state index is -0.301. The lowest BCUT2D eigenvalue weighted by atomic mass is 10.1. The first-order valence-corrected chi connectivity index (χ1v) is 7.94. The normalized spacial score (nSPS) is 13.6. The number of oxazole rings is 1. The van der Waals surface area contributed by atoms with Crippen molar-refractivity contribution in [2.24, 2.45) is 0 Å². The first kappa shape index (κ1) is 15.4. The molecule has 8 nitrogen and oxygen atoms in total. The van der Waals surface area contributed by atoms with Gasteiger partial charge in [-0.15, -0.1) is 0 Å². The Balaban J connectivity index is 1.43. The average Bonchev–Trinajstić information content (AvgIpc) is 3.25. The Bertz CT molecular complexity index is 887. The number of hydrogen-bond donors (Lipinski definition) is 0. The average molecular weight is 340 g/mol. The fourth-order valence-electron chi connectivity index (χ4n) is 2.67. The summed E-state index contributed by atoms with van der Waals surface area (Å²) >= 11 is 0. The Morgan fingerprint density at radius 3 is 2.88 bits per heavy atom. The number of fused-ring (bicyclic) bond motifs is 1. The molecule has 2 aromatic heterocycles. The molecule has 0 bridgehead atoms. The topological polar surface area (TPSA) is 94.5 Å². The molecule has 0 atom stereocenters. The number of hydrogen-bond acceptors (Lipinski definition) is 7. The van der Waals surface area contributed by atoms with Crippen LogP contribution in [0.15, 0.2) is 39.3 Å². The summed E-state index contributed by atoms with van der Waals surface area (Å²) in [6.45, 7) is 2.77. The van der Waals surface area contributed by atoms with Crippen LogP contribution < -0.4 is 4.74 Å². The van der Waals surface area contributed by atoms with Gasteiger partial charge < -0.3 is 18.6 Å². The van der Waals surface area contributed by atoms with E-state index < -0.39 is 0 Å². The second-order valence-corrected chi connectivity index (χ2v) is 5.70. The molecule has 1 amide bonds. The number of ether oxygens (including phenoxy) is 1. The molecule has 0 unspecified atom stereocenters. The van der Waals surface area contributed by atoms with Crippen LogP contribution in [0.5, 0.6) is 5.75 Å². The zero-order valence-electron chi connectivity index (χ0n) is 13.6. The van der Waals surface area contributed by atoms with E-state index in [1.807, 2.05) is 30.3 Å². The first-order valence-electron chi connectivity index (χ1n) is 7.94. The molecule has 0 fully saturated rings. The summed E-state index contributed by atoms with van der Waals surface area (Å²) in [4.78, 5) is 22.4. The van der Waals surface area contributed by atoms with Crippen LogP contribution in [0.25, 0.3) is 0 Å². The van der Waals surface area contributed by atoms with Gasteiger partial charge in [-0.05, 0) is 19.1 Å². The SMILES string of the molecule is Cc1noc(C(=O)N2CCc3nc(COc4ccccc4)oc3C2)n1. The van der Waals surface area contributed by atoms with Crippen molar-refractivity contribution in [1.82, 2.24) is 20.0 Å². The minimum absolute atomic E-state index is 0.00639. The number of carbonyl (C=O) groups excluding carboxylic acids is 1. The quantitative estimate of drug-likeness (QED) is 0.718. The third-order valence-electron chi connectivity index (χ3n) is 3.88. The summed E-state index contributed by atoms with van der Waals surface area (Å²) in [5.74, 6) is 2.04. The van der Waals surface area contributed by atoms with Gasteiger partial charge in [0, 0.05) is 13.0 Å². The summed E-state index contributed by atoms with van der Waals surface area (Å²) in [6, 6.07) is 9.47. The maximum atomic E-state index is 12.4. The molecule has 3 aromatic rings. The highest BCUT2D eigenvalue weighted by Crippen LogP contribution is 2.22. The number of amides is 1. The van der Waals surface area contributed by atoms with Crippen LogP contribution in [0, 0.1) is 6.92 Å². The van der Waals surface area contributed by atoms with Gasteiger partial charge >= 0.3 is 11.8 Å². The lowest BCUT2D eigenvalue weighted by Crippen LogP contribution is -2.35. The molecular weight excluding hydrogens is 324 g/mol. The number of benzene rings is 1. The molecule has 0 aliphatic carbocycles. The van der Waals surface area contributed by atoms with Gasteiger partial charge in [0.25, 0.3) is 0 Å². The summed E-state index contributed by atoms with van der Waals surface area (Å²) < 4.78 is 16.3. The number of rotatable bonds is 4. The number of aromatic nitrogens is 3. The van der Waals surface area contributed by atoms with Gasteiger partial charge in [-0.3, -0.25) is 4.79 Å². The standard InChI is InChI=1S/C17H16N4O4/c1-11-18-16(25-20-11)17(22)21-8-7-13-14(9-21)24-15(19-13)10-23-12-5-3-2-4-6-12/h2-6H,7-10H2,1H3. The van der Waals surface area contributed by atoms with Gasteiger partial charge in [0.1, 0.15) is 11.5 Å². The molecule has 0 radical (unpaired) electrons. The van der Waals surface area contributed by atoms with Crippen molar-refractivity contribution in [1.29, 1.82) is 0 Å². The first-order chi connectivity index (χ1) is 12.2. The summed E-state index contributed by atoms with van der Waals surface area (Å²) in [7, 11) is 0. The van der Waals surface area contributed by atoms with Crippen molar-refractivity contribution >= 4 is 5.91 Å². The van der Waals surface area contributed by atoms with Crippen LogP contribution in [0.2, 0.25) is 0 Å². The lowest BCUT2D eigenvalue weighted by Gasteiger charge is -2.23. The summed E-state index contributed by atoms with van der Waals surface area (Å²) in [5, 5.41) is 3.65. The molecule has 0 spiro atoms. The van der Waals surface area contributed by atoms with Gasteiger partial charge in [-0.25, -0.2) is 4.98 Å². The largest absolute Gasteiger partial charge is 0.484 e. The molecule has 1 aromatic carbocycles. The van der Waals surface area contributed by atoms with Crippen LogP contribution in [0.3, 0.4) is 0 Å². The predicted octanol–water partition coefficient (Wildman–Crippen LogP) is 2.14. The molecule has 1 aliphatic heterocycles. The maximum Gasteiger partial charge on any atom is 0.316 e. The summed E-state index contributed by atoms with van der Waals surface area (Å²) in [6.07, 6.45) is 0.614. The van der Waals surface area contributed by atoms with Crippen molar-refractivity contribution in [3.8, 4) is 5.75 Å². The van der Waals surface area contributed by atoms with E-state index in [0.717, 1.165) is 11.4 Å². The highest BCUT2D eigenvalue weighted by molar-refractivity contribution is 5.89. The van der Waals surface area contributed by atoms with Crippen molar-refractivity contribution in [3.05, 3.63) is 59.4 Å². The highest BCUT2D eigenvalue weighted by atomic mass is 16.5. The Hall–Kier alpha value is -3.16. The van der Waals surface area contributed by atoms with Crippen molar-refractivity contribution < 1.29 is 18.5 Å². The second kappa shape index (κ2) is 6.39. The molecule has 8 heteroatoms. The highest BCUT2D eigenvalue weighted by Gasteiger charge is 2.29. The monoisotopic (exact) mass is 340 g/mol. The van der Waals surface area contributed by atoms with E-state index in [2.05, 4.69) is 15.1 Å². The molecule has 1 aliphatic rings. The van der Waals surface area contributed by atoms with Crippen LogP contribution in [0.4, 0.5) is 0 Å². The molecule has 128 valence electrons. The van der Waals surface area contributed by atoms with Crippen molar-refractivity contribution in [2.45, 2.75) is 26.5 Å². The Kier molecular flexibility index (Phi) is 3.93. The van der Waals surface area contributed by atoms with Crippen molar-refractivity contribution in [3.63, 3.8) is 0 Å². The van der Waals surface area contributed by atoms with E-state index in [4.69, 9.17) is 13.7 Å². The van der Waals surface area contributed by atoms with Gasteiger partial charge in [-0.1, -0.05) is 23.4 Å². The minimum Gasteiger partial charge on any atom is -0.484 e. The molecule has 0 saturated heterocycles. The molecule has 4 rings (SSSR count). The fraction of sp³-hybridized carbons (Fsp3) is 0.294. The van der Waals surface area contributed by atoms with E-state index in [1.165, 1.54) is 0 Å². The van der Waals surface area contributed by atoms with Crippen LogP contribution in [-0.2, 0) is 19.6 Å². The molecule has 25 heavy (non-hydrogen) atoms. The Morgan fingerprint density at radius 2 is 2.12 bits per heavy atom. The zero-order valence-corrected chi connectivity index (χ0v) is 13.6. The predicted molar refractivity (Wildman–Crippen MR) is 84.8 cm³/mol. The fourth-order valence-corrected chi connectivity index (χ4v) is 2.67. The van der Waals surface area contributed by atoms with E-state index in [-0.39, 0.29) is 18.4 Å². The smallest absolute Gasteiger partial charge is 0.316 e. The van der Waals surface area contributed by atoms with Gasteiger partial charge in [0.05, 0.1) is 12.2 Å². The summed E-state index contributed by atoms with van der Waals surface area (Å²) in [5.41, 5.74) is 0.859. The molecule has 0 N–H and O–H groups in total. The van der Waals surface area contributed by atoms with Crippen LogP contribution in [0.1, 0.15) is 33.9 Å². The molecule has 3 heterocycles. The third-order valence-corrected chi connectivity index (χ3v) is 3.88. The van der Waals surface area contributed by atoms with Crippen LogP contribution in [-0.4, -0.2) is 32.5 Å². The molecular formula is C17H16N4O4. The number of nitrogens with zero attached hydrogens (tertiary/aromatic N) is 4. The Labute approximate surface area is 143 Å².